The molecule has 4 heteroatoms. The summed E-state index contributed by atoms with van der Waals surface area (Å²) in [5, 5.41) is 15.1. The van der Waals surface area contributed by atoms with Gasteiger partial charge in [-0.2, -0.15) is 4.57 Å². The monoisotopic (exact) mass is 265 g/mol. The maximum atomic E-state index is 11.9. The van der Waals surface area contributed by atoms with Gasteiger partial charge in [-0.3, -0.25) is 0 Å². The molecule has 0 N–H and O–H groups in total. The van der Waals surface area contributed by atoms with E-state index in [0.29, 0.717) is 0 Å². The Bertz CT molecular complexity index is 901. The second kappa shape index (κ2) is 3.33. The lowest BCUT2D eigenvalue weighted by atomic mass is 10.0. The van der Waals surface area contributed by atoms with Gasteiger partial charge in [0.2, 0.25) is 12.3 Å². The number of pyridine rings is 1. The molecule has 3 heterocycles. The van der Waals surface area contributed by atoms with Crippen molar-refractivity contribution in [1.82, 2.24) is 0 Å². The van der Waals surface area contributed by atoms with Crippen molar-refractivity contribution < 1.29 is 19.1 Å². The molecule has 20 heavy (non-hydrogen) atoms. The molecule has 2 aliphatic heterocycles. The standard InChI is InChI=1S/C16H11NO3/c18-11-3-9-1-2-17-7-10-4-14-15(20-8-19-14)6-12(10)13(5-11)16(9)17/h3-7H,1-2,8H2. The highest BCUT2D eigenvalue weighted by atomic mass is 16.7. The van der Waals surface area contributed by atoms with Gasteiger partial charge in [-0.25, -0.2) is 0 Å². The predicted molar refractivity (Wildman–Crippen MR) is 70.9 cm³/mol. The number of aryl methyl sites for hydroxylation is 2. The molecule has 0 saturated heterocycles. The number of ether oxygens (including phenoxy) is 2. The molecule has 0 aliphatic carbocycles. The highest BCUT2D eigenvalue weighted by Crippen LogP contribution is 2.39. The topological polar surface area (TPSA) is 45.4 Å². The van der Waals surface area contributed by atoms with E-state index in [1.165, 1.54) is 5.52 Å². The van der Waals surface area contributed by atoms with Crippen LogP contribution >= 0.6 is 0 Å². The average Bonchev–Trinajstić information content (AvgIpc) is 3.04. The predicted octanol–water partition coefficient (Wildman–Crippen LogP) is 1.64. The normalized spacial score (nSPS) is 15.4. The van der Waals surface area contributed by atoms with Crippen molar-refractivity contribution in [2.24, 2.45) is 0 Å². The van der Waals surface area contributed by atoms with Gasteiger partial charge in [-0.15, -0.1) is 5.75 Å². The van der Waals surface area contributed by atoms with Crippen LogP contribution in [0.5, 0.6) is 17.2 Å². The van der Waals surface area contributed by atoms with Crippen molar-refractivity contribution in [3.05, 3.63) is 36.0 Å². The molecule has 0 radical (unpaired) electrons. The fourth-order valence-electron chi connectivity index (χ4n) is 3.35. The van der Waals surface area contributed by atoms with E-state index in [4.69, 9.17) is 9.47 Å². The zero-order valence-electron chi connectivity index (χ0n) is 10.7. The third-order valence-electron chi connectivity index (χ3n) is 4.20. The van der Waals surface area contributed by atoms with E-state index in [-0.39, 0.29) is 12.5 Å². The van der Waals surface area contributed by atoms with Crippen LogP contribution in [0.2, 0.25) is 0 Å². The minimum Gasteiger partial charge on any atom is -0.872 e. The van der Waals surface area contributed by atoms with E-state index in [9.17, 15) is 5.11 Å². The van der Waals surface area contributed by atoms with Crippen molar-refractivity contribution in [2.45, 2.75) is 13.0 Å². The van der Waals surface area contributed by atoms with E-state index < -0.39 is 0 Å². The quantitative estimate of drug-likeness (QED) is 0.458. The second-order valence-corrected chi connectivity index (χ2v) is 5.34. The Morgan fingerprint density at radius 1 is 1.00 bits per heavy atom. The summed E-state index contributed by atoms with van der Waals surface area (Å²) < 4.78 is 13.1. The summed E-state index contributed by atoms with van der Waals surface area (Å²) in [6.07, 6.45) is 3.07. The largest absolute Gasteiger partial charge is 0.872 e. The zero-order chi connectivity index (χ0) is 13.3. The molecule has 0 saturated carbocycles. The minimum atomic E-state index is 0.0751. The summed E-state index contributed by atoms with van der Waals surface area (Å²) in [5.74, 6) is 1.61. The molecule has 0 amide bonds. The van der Waals surface area contributed by atoms with Crippen LogP contribution in [0.4, 0.5) is 0 Å². The SMILES string of the molecule is [O-]c1cc2c3c(c1)c1cc4c(cc1c[n+]3CC2)OCO4. The van der Waals surface area contributed by atoms with Gasteiger partial charge in [-0.1, -0.05) is 12.1 Å². The minimum absolute atomic E-state index is 0.0751. The Hall–Kier alpha value is -2.49. The van der Waals surface area contributed by atoms with Gasteiger partial charge in [-0.05, 0) is 12.1 Å². The van der Waals surface area contributed by atoms with Crippen LogP contribution in [-0.2, 0) is 13.0 Å². The first kappa shape index (κ1) is 10.3. The molecule has 4 nitrogen and oxygen atoms in total. The highest BCUT2D eigenvalue weighted by Gasteiger charge is 2.25. The van der Waals surface area contributed by atoms with Crippen LogP contribution in [-0.4, -0.2) is 6.79 Å². The smallest absolute Gasteiger partial charge is 0.231 e. The number of fused-ring (bicyclic) bond motifs is 3. The Labute approximate surface area is 114 Å². The number of nitrogens with zero attached hydrogens (tertiary/aromatic N) is 1. The number of rotatable bonds is 0. The third kappa shape index (κ3) is 1.18. The second-order valence-electron chi connectivity index (χ2n) is 5.34. The summed E-state index contributed by atoms with van der Waals surface area (Å²) in [5.41, 5.74) is 2.32. The fourth-order valence-corrected chi connectivity index (χ4v) is 3.35. The molecular formula is C16H11NO3. The molecule has 2 aliphatic rings. The van der Waals surface area contributed by atoms with Gasteiger partial charge in [0.1, 0.15) is 0 Å². The maximum Gasteiger partial charge on any atom is 0.231 e. The van der Waals surface area contributed by atoms with Crippen molar-refractivity contribution in [3.63, 3.8) is 0 Å². The summed E-state index contributed by atoms with van der Waals surface area (Å²) in [4.78, 5) is 0. The number of hydrogen-bond donors (Lipinski definition) is 0. The van der Waals surface area contributed by atoms with Crippen molar-refractivity contribution in [1.29, 1.82) is 0 Å². The van der Waals surface area contributed by atoms with E-state index in [1.54, 1.807) is 12.1 Å². The van der Waals surface area contributed by atoms with Gasteiger partial charge in [0.05, 0.1) is 10.8 Å². The molecule has 0 fully saturated rings. The molecule has 0 bridgehead atoms. The molecular weight excluding hydrogens is 254 g/mol. The van der Waals surface area contributed by atoms with Crippen molar-refractivity contribution in [2.75, 3.05) is 6.79 Å². The lowest BCUT2D eigenvalue weighted by Gasteiger charge is -2.09. The summed E-state index contributed by atoms with van der Waals surface area (Å²) in [7, 11) is 0. The lowest BCUT2D eigenvalue weighted by molar-refractivity contribution is -0.662. The summed E-state index contributed by atoms with van der Waals surface area (Å²) in [6, 6.07) is 7.46. The number of aromatic nitrogens is 1. The molecule has 0 spiro atoms. The first-order valence-electron chi connectivity index (χ1n) is 6.69. The molecule has 3 aromatic rings. The Morgan fingerprint density at radius 2 is 1.85 bits per heavy atom. The maximum absolute atomic E-state index is 11.9. The molecule has 1 aromatic heterocycles. The van der Waals surface area contributed by atoms with E-state index in [2.05, 4.69) is 10.8 Å². The van der Waals surface area contributed by atoms with Crippen LogP contribution < -0.4 is 19.1 Å². The summed E-state index contributed by atoms with van der Waals surface area (Å²) in [6.45, 7) is 1.20. The van der Waals surface area contributed by atoms with Gasteiger partial charge in [0.25, 0.3) is 0 Å². The number of benzene rings is 2. The fraction of sp³-hybridized carbons (Fsp3) is 0.188. The molecule has 98 valence electrons. The Morgan fingerprint density at radius 3 is 2.75 bits per heavy atom. The van der Waals surface area contributed by atoms with E-state index in [0.717, 1.165) is 46.2 Å². The van der Waals surface area contributed by atoms with Crippen molar-refractivity contribution >= 4 is 21.7 Å². The Kier molecular flexibility index (Phi) is 1.72. The van der Waals surface area contributed by atoms with Crippen LogP contribution in [0, 0.1) is 0 Å². The van der Waals surface area contributed by atoms with E-state index >= 15 is 0 Å². The van der Waals surface area contributed by atoms with Crippen LogP contribution in [0.15, 0.2) is 30.5 Å². The van der Waals surface area contributed by atoms with Crippen LogP contribution in [0.3, 0.4) is 0 Å². The first-order chi connectivity index (χ1) is 9.79. The molecule has 2 aromatic carbocycles. The van der Waals surface area contributed by atoms with Gasteiger partial charge in [0, 0.05) is 17.4 Å². The van der Waals surface area contributed by atoms with Gasteiger partial charge >= 0.3 is 0 Å². The summed E-state index contributed by atoms with van der Waals surface area (Å²) >= 11 is 0. The van der Waals surface area contributed by atoms with E-state index in [1.807, 2.05) is 12.1 Å². The van der Waals surface area contributed by atoms with Crippen LogP contribution in [0.25, 0.3) is 21.7 Å². The lowest BCUT2D eigenvalue weighted by Crippen LogP contribution is -2.30. The highest BCUT2D eigenvalue weighted by molar-refractivity contribution is 6.06. The number of hydrogen-bond acceptors (Lipinski definition) is 3. The third-order valence-corrected chi connectivity index (χ3v) is 4.20. The molecule has 5 rings (SSSR count). The Balaban J connectivity index is 2.01. The zero-order valence-corrected chi connectivity index (χ0v) is 10.7. The average molecular weight is 265 g/mol. The van der Waals surface area contributed by atoms with Crippen molar-refractivity contribution in [3.8, 4) is 17.2 Å². The van der Waals surface area contributed by atoms with Gasteiger partial charge < -0.3 is 14.6 Å². The molecule has 0 unspecified atom stereocenters. The van der Waals surface area contributed by atoms with Gasteiger partial charge in [0.15, 0.2) is 24.2 Å². The van der Waals surface area contributed by atoms with Crippen LogP contribution in [0.1, 0.15) is 5.56 Å². The molecule has 0 atom stereocenters. The first-order valence-corrected chi connectivity index (χ1v) is 6.69.